The second-order valence-electron chi connectivity index (χ2n) is 9.85. The Morgan fingerprint density at radius 2 is 1.54 bits per heavy atom. The summed E-state index contributed by atoms with van der Waals surface area (Å²) in [5.41, 5.74) is 3.33. The summed E-state index contributed by atoms with van der Waals surface area (Å²) in [5, 5.41) is 2.95. The van der Waals surface area contributed by atoms with Crippen LogP contribution in [-0.4, -0.2) is 43.8 Å². The highest BCUT2D eigenvalue weighted by atomic mass is 32.2. The Labute approximate surface area is 232 Å². The zero-order chi connectivity index (χ0) is 28.6. The van der Waals surface area contributed by atoms with Crippen LogP contribution < -0.4 is 9.62 Å². The maximum absolute atomic E-state index is 14.0. The lowest BCUT2D eigenvalue weighted by molar-refractivity contribution is -0.139. The van der Waals surface area contributed by atoms with Crippen molar-refractivity contribution >= 4 is 27.5 Å². The van der Waals surface area contributed by atoms with Gasteiger partial charge in [0.25, 0.3) is 10.0 Å². The van der Waals surface area contributed by atoms with Gasteiger partial charge >= 0.3 is 0 Å². The van der Waals surface area contributed by atoms with Crippen LogP contribution in [0.4, 0.5) is 5.69 Å². The molecule has 2 amide bonds. The lowest BCUT2D eigenvalue weighted by atomic mass is 10.1. The van der Waals surface area contributed by atoms with Crippen molar-refractivity contribution in [2.75, 3.05) is 10.8 Å². The van der Waals surface area contributed by atoms with Gasteiger partial charge in [-0.3, -0.25) is 13.9 Å². The number of aryl methyl sites for hydroxylation is 2. The van der Waals surface area contributed by atoms with E-state index in [0.29, 0.717) is 5.69 Å². The normalized spacial score (nSPS) is 12.8. The van der Waals surface area contributed by atoms with Gasteiger partial charge in [0.1, 0.15) is 12.6 Å². The number of sulfonamides is 1. The molecule has 0 bridgehead atoms. The monoisotopic (exact) mass is 549 g/mol. The minimum absolute atomic E-state index is 0.0529. The first-order chi connectivity index (χ1) is 18.6. The molecule has 3 aromatic carbocycles. The number of amides is 2. The van der Waals surface area contributed by atoms with Crippen molar-refractivity contribution in [2.24, 2.45) is 0 Å². The second-order valence-corrected chi connectivity index (χ2v) is 11.7. The molecule has 0 aliphatic heterocycles. The largest absolute Gasteiger partial charge is 0.352 e. The third-order valence-electron chi connectivity index (χ3n) is 6.85. The second kappa shape index (κ2) is 13.4. The molecule has 3 rings (SSSR count). The van der Waals surface area contributed by atoms with Gasteiger partial charge in [-0.1, -0.05) is 74.0 Å². The number of anilines is 1. The van der Waals surface area contributed by atoms with Crippen LogP contribution in [-0.2, 0) is 32.6 Å². The summed E-state index contributed by atoms with van der Waals surface area (Å²) >= 11 is 0. The van der Waals surface area contributed by atoms with E-state index in [4.69, 9.17) is 0 Å². The molecule has 2 atom stereocenters. The van der Waals surface area contributed by atoms with Crippen LogP contribution in [0.3, 0.4) is 0 Å². The van der Waals surface area contributed by atoms with Crippen molar-refractivity contribution in [3.63, 3.8) is 0 Å². The summed E-state index contributed by atoms with van der Waals surface area (Å²) in [7, 11) is -4.07. The summed E-state index contributed by atoms with van der Waals surface area (Å²) < 4.78 is 28.8. The lowest BCUT2D eigenvalue weighted by Crippen LogP contribution is -2.52. The van der Waals surface area contributed by atoms with Crippen LogP contribution in [0.15, 0.2) is 83.8 Å². The fraction of sp³-hybridized carbons (Fsp3) is 0.355. The van der Waals surface area contributed by atoms with Crippen LogP contribution in [0.5, 0.6) is 0 Å². The lowest BCUT2D eigenvalue weighted by Gasteiger charge is -2.32. The topological polar surface area (TPSA) is 86.8 Å². The zero-order valence-electron chi connectivity index (χ0n) is 23.4. The molecule has 0 heterocycles. The van der Waals surface area contributed by atoms with Crippen LogP contribution in [0.25, 0.3) is 0 Å². The molecule has 0 saturated carbocycles. The molecule has 0 fully saturated rings. The molecular weight excluding hydrogens is 510 g/mol. The number of carbonyl (C=O) groups is 2. The predicted octanol–water partition coefficient (Wildman–Crippen LogP) is 5.08. The Balaban J connectivity index is 2.02. The maximum Gasteiger partial charge on any atom is 0.264 e. The first-order valence-electron chi connectivity index (χ1n) is 13.4. The SMILES string of the molecule is CCc1ccc(N(CC(=O)N(Cc2cccc(C)c2)[C@H](C)C(=O)N[C@H](C)CC)S(=O)(=O)c2ccccc2)cc1. The minimum Gasteiger partial charge on any atom is -0.352 e. The van der Waals surface area contributed by atoms with Crippen molar-refractivity contribution in [1.29, 1.82) is 0 Å². The van der Waals surface area contributed by atoms with Gasteiger partial charge in [0.15, 0.2) is 0 Å². The molecule has 208 valence electrons. The van der Waals surface area contributed by atoms with E-state index >= 15 is 0 Å². The Bertz CT molecular complexity index is 1360. The van der Waals surface area contributed by atoms with E-state index in [1.54, 1.807) is 37.3 Å². The molecule has 0 radical (unpaired) electrons. The average molecular weight is 550 g/mol. The third-order valence-corrected chi connectivity index (χ3v) is 8.63. The van der Waals surface area contributed by atoms with Crippen molar-refractivity contribution in [1.82, 2.24) is 10.2 Å². The number of nitrogens with one attached hydrogen (secondary N) is 1. The highest BCUT2D eigenvalue weighted by molar-refractivity contribution is 7.92. The smallest absolute Gasteiger partial charge is 0.264 e. The quantitative estimate of drug-likeness (QED) is 0.341. The number of hydrogen-bond donors (Lipinski definition) is 1. The van der Waals surface area contributed by atoms with E-state index in [1.165, 1.54) is 17.0 Å². The van der Waals surface area contributed by atoms with E-state index < -0.39 is 28.5 Å². The summed E-state index contributed by atoms with van der Waals surface area (Å²) in [4.78, 5) is 28.6. The minimum atomic E-state index is -4.07. The number of carbonyl (C=O) groups excluding carboxylic acids is 2. The van der Waals surface area contributed by atoms with Gasteiger partial charge in [0.2, 0.25) is 11.8 Å². The standard InChI is InChI=1S/C31H39N3O4S/c1-6-24(4)32-31(36)25(5)33(21-27-13-11-12-23(3)20-27)30(35)22-34(28-18-16-26(7-2)17-19-28)39(37,38)29-14-9-8-10-15-29/h8-20,24-25H,6-7,21-22H2,1-5H3,(H,32,36)/t24-,25-/m1/s1. The number of benzene rings is 3. The Morgan fingerprint density at radius 1 is 0.872 bits per heavy atom. The van der Waals surface area contributed by atoms with Crippen molar-refractivity contribution in [2.45, 2.75) is 71.0 Å². The van der Waals surface area contributed by atoms with Gasteiger partial charge in [-0.15, -0.1) is 0 Å². The first-order valence-corrected chi connectivity index (χ1v) is 14.8. The molecule has 7 nitrogen and oxygen atoms in total. The van der Waals surface area contributed by atoms with Gasteiger partial charge in [-0.25, -0.2) is 8.42 Å². The van der Waals surface area contributed by atoms with Gasteiger partial charge in [-0.2, -0.15) is 0 Å². The third kappa shape index (κ3) is 7.69. The van der Waals surface area contributed by atoms with Crippen molar-refractivity contribution in [3.8, 4) is 0 Å². The molecule has 0 spiro atoms. The number of rotatable bonds is 12. The highest BCUT2D eigenvalue weighted by Gasteiger charge is 2.32. The molecule has 0 aromatic heterocycles. The molecular formula is C31H39N3O4S. The van der Waals surface area contributed by atoms with E-state index in [1.807, 2.05) is 64.1 Å². The van der Waals surface area contributed by atoms with Gasteiger partial charge in [0, 0.05) is 12.6 Å². The highest BCUT2D eigenvalue weighted by Crippen LogP contribution is 2.25. The van der Waals surface area contributed by atoms with Crippen LogP contribution in [0.2, 0.25) is 0 Å². The van der Waals surface area contributed by atoms with Crippen LogP contribution in [0, 0.1) is 6.92 Å². The summed E-state index contributed by atoms with van der Waals surface area (Å²) in [6.07, 6.45) is 1.55. The number of hydrogen-bond acceptors (Lipinski definition) is 4. The molecule has 0 aliphatic carbocycles. The molecule has 8 heteroatoms. The fourth-order valence-electron chi connectivity index (χ4n) is 4.20. The fourth-order valence-corrected chi connectivity index (χ4v) is 5.64. The first kappa shape index (κ1) is 29.9. The molecule has 3 aromatic rings. The Morgan fingerprint density at radius 3 is 2.13 bits per heavy atom. The van der Waals surface area contributed by atoms with Gasteiger partial charge in [0.05, 0.1) is 10.6 Å². The molecule has 1 N–H and O–H groups in total. The number of nitrogens with zero attached hydrogens (tertiary/aromatic N) is 2. The van der Waals surface area contributed by atoms with E-state index in [2.05, 4.69) is 5.32 Å². The Hall–Kier alpha value is -3.65. The van der Waals surface area contributed by atoms with E-state index in [9.17, 15) is 18.0 Å². The predicted molar refractivity (Wildman–Crippen MR) is 156 cm³/mol. The Kier molecular flexibility index (Phi) is 10.3. The van der Waals surface area contributed by atoms with E-state index in [-0.39, 0.29) is 23.4 Å². The van der Waals surface area contributed by atoms with Crippen molar-refractivity contribution in [3.05, 3.63) is 95.6 Å². The van der Waals surface area contributed by atoms with Crippen molar-refractivity contribution < 1.29 is 18.0 Å². The summed E-state index contributed by atoms with van der Waals surface area (Å²) in [5.74, 6) is -0.752. The molecule has 0 unspecified atom stereocenters. The van der Waals surface area contributed by atoms with Gasteiger partial charge in [-0.05, 0) is 69.0 Å². The van der Waals surface area contributed by atoms with Crippen LogP contribution in [0.1, 0.15) is 50.8 Å². The molecule has 0 saturated heterocycles. The molecule has 39 heavy (non-hydrogen) atoms. The summed E-state index contributed by atoms with van der Waals surface area (Å²) in [6.45, 7) is 9.26. The van der Waals surface area contributed by atoms with Gasteiger partial charge < -0.3 is 10.2 Å². The molecule has 0 aliphatic rings. The summed E-state index contributed by atoms with van der Waals surface area (Å²) in [6, 6.07) is 22.1. The van der Waals surface area contributed by atoms with Crippen LogP contribution >= 0.6 is 0 Å². The zero-order valence-corrected chi connectivity index (χ0v) is 24.2. The maximum atomic E-state index is 14.0. The average Bonchev–Trinajstić information content (AvgIpc) is 2.94. The van der Waals surface area contributed by atoms with E-state index in [0.717, 1.165) is 33.8 Å².